The second-order valence-electron chi connectivity index (χ2n) is 7.44. The summed E-state index contributed by atoms with van der Waals surface area (Å²) in [7, 11) is 2.13. The minimum atomic E-state index is 0.266. The summed E-state index contributed by atoms with van der Waals surface area (Å²) in [6.45, 7) is 3.90. The van der Waals surface area contributed by atoms with Crippen LogP contribution < -0.4 is 5.32 Å². The molecule has 0 amide bonds. The first-order valence-corrected chi connectivity index (χ1v) is 10.3. The van der Waals surface area contributed by atoms with Crippen LogP contribution in [0.2, 0.25) is 5.02 Å². The standard InChI is InChI=1S/C23H29ClN2O/c1-26(15-12-19-6-2-3-7-22(19)24)14-5-4-8-23(27)20-10-9-18-11-13-25-17-21(18)16-20/h2-3,6-7,9-10,16,25H,4-5,8,11-15,17H2,1H3. The van der Waals surface area contributed by atoms with Crippen molar-refractivity contribution in [1.29, 1.82) is 0 Å². The predicted molar refractivity (Wildman–Crippen MR) is 113 cm³/mol. The molecule has 2 aromatic carbocycles. The van der Waals surface area contributed by atoms with Gasteiger partial charge >= 0.3 is 0 Å². The molecule has 0 bridgehead atoms. The molecule has 0 spiro atoms. The van der Waals surface area contributed by atoms with Crippen molar-refractivity contribution >= 4 is 17.4 Å². The maximum atomic E-state index is 12.5. The van der Waals surface area contributed by atoms with Crippen LogP contribution in [0.25, 0.3) is 0 Å². The number of halogens is 1. The summed E-state index contributed by atoms with van der Waals surface area (Å²) in [4.78, 5) is 14.8. The number of hydrogen-bond acceptors (Lipinski definition) is 3. The highest BCUT2D eigenvalue weighted by Crippen LogP contribution is 2.18. The third-order valence-electron chi connectivity index (χ3n) is 5.33. The molecular formula is C23H29ClN2O. The molecule has 4 heteroatoms. The van der Waals surface area contributed by atoms with Gasteiger partial charge in [-0.05, 0) is 74.6 Å². The van der Waals surface area contributed by atoms with Crippen molar-refractivity contribution in [3.05, 3.63) is 69.7 Å². The molecule has 1 aliphatic rings. The monoisotopic (exact) mass is 384 g/mol. The molecule has 3 rings (SSSR count). The van der Waals surface area contributed by atoms with Crippen molar-refractivity contribution in [3.8, 4) is 0 Å². The Hall–Kier alpha value is -1.68. The van der Waals surface area contributed by atoms with E-state index in [1.54, 1.807) is 0 Å². The zero-order valence-corrected chi connectivity index (χ0v) is 16.9. The Bertz CT molecular complexity index is 775. The van der Waals surface area contributed by atoms with Gasteiger partial charge in [0.1, 0.15) is 0 Å². The maximum Gasteiger partial charge on any atom is 0.162 e. The van der Waals surface area contributed by atoms with Gasteiger partial charge in [0, 0.05) is 30.1 Å². The number of fused-ring (bicyclic) bond motifs is 1. The van der Waals surface area contributed by atoms with Gasteiger partial charge < -0.3 is 10.2 Å². The number of benzene rings is 2. The van der Waals surface area contributed by atoms with Crippen LogP contribution in [0.3, 0.4) is 0 Å². The lowest BCUT2D eigenvalue weighted by atomic mass is 9.96. The van der Waals surface area contributed by atoms with E-state index in [0.717, 1.165) is 62.4 Å². The number of unbranched alkanes of at least 4 members (excludes halogenated alkanes) is 1. The summed E-state index contributed by atoms with van der Waals surface area (Å²) in [6, 6.07) is 14.2. The molecule has 0 aromatic heterocycles. The van der Waals surface area contributed by atoms with E-state index < -0.39 is 0 Å². The minimum absolute atomic E-state index is 0.266. The molecule has 2 aromatic rings. The van der Waals surface area contributed by atoms with E-state index in [9.17, 15) is 4.79 Å². The molecule has 0 atom stereocenters. The Morgan fingerprint density at radius 3 is 2.81 bits per heavy atom. The molecule has 1 N–H and O–H groups in total. The summed E-state index contributed by atoms with van der Waals surface area (Å²) in [5.41, 5.74) is 4.73. The molecule has 1 heterocycles. The molecule has 1 aliphatic heterocycles. The van der Waals surface area contributed by atoms with E-state index in [2.05, 4.69) is 35.5 Å². The molecule has 0 fully saturated rings. The van der Waals surface area contributed by atoms with E-state index in [1.807, 2.05) is 24.3 Å². The van der Waals surface area contributed by atoms with Gasteiger partial charge in [-0.25, -0.2) is 0 Å². The van der Waals surface area contributed by atoms with E-state index in [1.165, 1.54) is 16.7 Å². The highest BCUT2D eigenvalue weighted by molar-refractivity contribution is 6.31. The highest BCUT2D eigenvalue weighted by Gasteiger charge is 2.12. The number of ketones is 1. The third kappa shape index (κ3) is 5.90. The second-order valence-corrected chi connectivity index (χ2v) is 7.84. The van der Waals surface area contributed by atoms with Gasteiger partial charge in [0.15, 0.2) is 5.78 Å². The molecule has 3 nitrogen and oxygen atoms in total. The molecular weight excluding hydrogens is 356 g/mol. The zero-order chi connectivity index (χ0) is 19.1. The van der Waals surface area contributed by atoms with Crippen molar-refractivity contribution in [2.75, 3.05) is 26.7 Å². The average molecular weight is 385 g/mol. The topological polar surface area (TPSA) is 32.3 Å². The lowest BCUT2D eigenvalue weighted by Gasteiger charge is -2.18. The predicted octanol–water partition coefficient (Wildman–Crippen LogP) is 4.51. The minimum Gasteiger partial charge on any atom is -0.312 e. The van der Waals surface area contributed by atoms with Gasteiger partial charge in [0.25, 0.3) is 0 Å². The van der Waals surface area contributed by atoms with E-state index >= 15 is 0 Å². The Kier molecular flexibility index (Phi) is 7.45. The number of nitrogens with one attached hydrogen (secondary N) is 1. The largest absolute Gasteiger partial charge is 0.312 e. The normalized spacial score (nSPS) is 13.6. The lowest BCUT2D eigenvalue weighted by molar-refractivity contribution is 0.0978. The molecule has 0 radical (unpaired) electrons. The quantitative estimate of drug-likeness (QED) is 0.509. The molecule has 0 saturated carbocycles. The highest BCUT2D eigenvalue weighted by atomic mass is 35.5. The van der Waals surface area contributed by atoms with Crippen LogP contribution in [0.4, 0.5) is 0 Å². The average Bonchev–Trinajstić information content (AvgIpc) is 2.70. The van der Waals surface area contributed by atoms with Crippen molar-refractivity contribution in [1.82, 2.24) is 10.2 Å². The molecule has 27 heavy (non-hydrogen) atoms. The van der Waals surface area contributed by atoms with Crippen LogP contribution in [-0.4, -0.2) is 37.4 Å². The SMILES string of the molecule is CN(CCCCC(=O)c1ccc2c(c1)CNCC2)CCc1ccccc1Cl. The van der Waals surface area contributed by atoms with Crippen LogP contribution in [-0.2, 0) is 19.4 Å². The number of nitrogens with zero attached hydrogens (tertiary/aromatic N) is 1. The number of Topliss-reactive ketones (excluding diaryl/α,β-unsaturated/α-hetero) is 1. The molecule has 0 saturated heterocycles. The van der Waals surface area contributed by atoms with Crippen molar-refractivity contribution in [2.45, 2.75) is 38.6 Å². The van der Waals surface area contributed by atoms with Gasteiger partial charge in [-0.2, -0.15) is 0 Å². The van der Waals surface area contributed by atoms with Crippen molar-refractivity contribution in [3.63, 3.8) is 0 Å². The van der Waals surface area contributed by atoms with Crippen LogP contribution in [0.5, 0.6) is 0 Å². The van der Waals surface area contributed by atoms with Gasteiger partial charge in [-0.3, -0.25) is 4.79 Å². The number of hydrogen-bond donors (Lipinski definition) is 1. The Morgan fingerprint density at radius 2 is 1.96 bits per heavy atom. The number of rotatable bonds is 9. The van der Waals surface area contributed by atoms with Crippen LogP contribution in [0.15, 0.2) is 42.5 Å². The number of likely N-dealkylation sites (N-methyl/N-ethyl adjacent to an activating group) is 1. The Morgan fingerprint density at radius 1 is 1.11 bits per heavy atom. The number of carbonyl (C=O) groups is 1. The van der Waals surface area contributed by atoms with Crippen LogP contribution in [0, 0.1) is 0 Å². The summed E-state index contributed by atoms with van der Waals surface area (Å²) in [5.74, 6) is 0.266. The first-order valence-electron chi connectivity index (χ1n) is 9.91. The first kappa shape index (κ1) is 20.1. The van der Waals surface area contributed by atoms with E-state index in [-0.39, 0.29) is 5.78 Å². The fourth-order valence-corrected chi connectivity index (χ4v) is 3.82. The zero-order valence-electron chi connectivity index (χ0n) is 16.1. The summed E-state index contributed by atoms with van der Waals surface area (Å²) >= 11 is 6.21. The second kappa shape index (κ2) is 10.0. The van der Waals surface area contributed by atoms with Crippen LogP contribution >= 0.6 is 11.6 Å². The fourth-order valence-electron chi connectivity index (χ4n) is 3.59. The van der Waals surface area contributed by atoms with Crippen molar-refractivity contribution < 1.29 is 4.79 Å². The van der Waals surface area contributed by atoms with Gasteiger partial charge in [-0.15, -0.1) is 0 Å². The third-order valence-corrected chi connectivity index (χ3v) is 5.70. The summed E-state index contributed by atoms with van der Waals surface area (Å²) < 4.78 is 0. The number of carbonyl (C=O) groups excluding carboxylic acids is 1. The van der Waals surface area contributed by atoms with Crippen molar-refractivity contribution in [2.24, 2.45) is 0 Å². The Balaban J connectivity index is 1.37. The fraction of sp³-hybridized carbons (Fsp3) is 0.435. The maximum absolute atomic E-state index is 12.5. The van der Waals surface area contributed by atoms with Gasteiger partial charge in [0.2, 0.25) is 0 Å². The molecule has 0 aliphatic carbocycles. The van der Waals surface area contributed by atoms with Gasteiger partial charge in [-0.1, -0.05) is 41.9 Å². The van der Waals surface area contributed by atoms with E-state index in [4.69, 9.17) is 11.6 Å². The van der Waals surface area contributed by atoms with Gasteiger partial charge in [0.05, 0.1) is 0 Å². The smallest absolute Gasteiger partial charge is 0.162 e. The molecule has 144 valence electrons. The lowest BCUT2D eigenvalue weighted by Crippen LogP contribution is -2.24. The molecule has 0 unspecified atom stereocenters. The Labute approximate surface area is 167 Å². The van der Waals surface area contributed by atoms with E-state index in [0.29, 0.717) is 6.42 Å². The van der Waals surface area contributed by atoms with Crippen LogP contribution in [0.1, 0.15) is 46.3 Å². The summed E-state index contributed by atoms with van der Waals surface area (Å²) in [6.07, 6.45) is 4.62. The summed E-state index contributed by atoms with van der Waals surface area (Å²) in [5, 5.41) is 4.22. The first-order chi connectivity index (χ1) is 13.1.